The van der Waals surface area contributed by atoms with Crippen molar-refractivity contribution < 1.29 is 9.47 Å². The fourth-order valence-corrected chi connectivity index (χ4v) is 1.71. The molecule has 2 N–H and O–H groups in total. The Morgan fingerprint density at radius 3 is 2.60 bits per heavy atom. The Labute approximate surface area is 99.1 Å². The zero-order valence-electron chi connectivity index (χ0n) is 8.59. The molecule has 0 heterocycles. The molecule has 3 nitrogen and oxygen atoms in total. The lowest BCUT2D eigenvalue weighted by Crippen LogP contribution is -2.10. The van der Waals surface area contributed by atoms with Gasteiger partial charge in [0.1, 0.15) is 5.75 Å². The standard InChI is InChI=1S/C10H13Cl2NO2/c1-6(13)9-8(15-5-14-2)4-3-7(11)10(9)12/h3-4,6H,5,13H2,1-2H3/t6-/m0/s1. The summed E-state index contributed by atoms with van der Waals surface area (Å²) in [5.74, 6) is 0.598. The Morgan fingerprint density at radius 2 is 2.07 bits per heavy atom. The molecule has 0 unspecified atom stereocenters. The largest absolute Gasteiger partial charge is 0.467 e. The van der Waals surface area contributed by atoms with Crippen molar-refractivity contribution >= 4 is 23.2 Å². The molecule has 0 aliphatic rings. The molecule has 0 aliphatic carbocycles. The van der Waals surface area contributed by atoms with Gasteiger partial charge in [0, 0.05) is 18.7 Å². The van der Waals surface area contributed by atoms with Gasteiger partial charge < -0.3 is 15.2 Å². The van der Waals surface area contributed by atoms with Crippen LogP contribution >= 0.6 is 23.2 Å². The molecular formula is C10H13Cl2NO2. The predicted octanol–water partition coefficient (Wildman–Crippen LogP) is 3.00. The normalized spacial score (nSPS) is 12.6. The number of benzene rings is 1. The maximum absolute atomic E-state index is 6.04. The van der Waals surface area contributed by atoms with E-state index in [1.54, 1.807) is 19.2 Å². The van der Waals surface area contributed by atoms with Crippen LogP contribution in [0.2, 0.25) is 10.0 Å². The van der Waals surface area contributed by atoms with Gasteiger partial charge in [0.2, 0.25) is 0 Å². The quantitative estimate of drug-likeness (QED) is 0.835. The third-order valence-electron chi connectivity index (χ3n) is 1.88. The third-order valence-corrected chi connectivity index (χ3v) is 2.70. The van der Waals surface area contributed by atoms with E-state index in [2.05, 4.69) is 0 Å². The number of hydrogen-bond donors (Lipinski definition) is 1. The van der Waals surface area contributed by atoms with E-state index in [0.29, 0.717) is 21.4 Å². The Hall–Kier alpha value is -0.480. The second-order valence-electron chi connectivity index (χ2n) is 3.11. The van der Waals surface area contributed by atoms with Crippen LogP contribution in [0.5, 0.6) is 5.75 Å². The average Bonchev–Trinajstić information content (AvgIpc) is 2.19. The van der Waals surface area contributed by atoms with E-state index in [1.807, 2.05) is 6.92 Å². The van der Waals surface area contributed by atoms with Crippen LogP contribution in [0, 0.1) is 0 Å². The fraction of sp³-hybridized carbons (Fsp3) is 0.400. The second kappa shape index (κ2) is 5.56. The Kier molecular flexibility index (Phi) is 4.67. The molecule has 0 radical (unpaired) electrons. The highest BCUT2D eigenvalue weighted by Crippen LogP contribution is 2.36. The molecule has 0 fully saturated rings. The van der Waals surface area contributed by atoms with Gasteiger partial charge in [-0.2, -0.15) is 0 Å². The Balaban J connectivity index is 3.09. The van der Waals surface area contributed by atoms with Gasteiger partial charge in [-0.3, -0.25) is 0 Å². The highest BCUT2D eigenvalue weighted by molar-refractivity contribution is 6.42. The van der Waals surface area contributed by atoms with Crippen molar-refractivity contribution in [2.45, 2.75) is 13.0 Å². The summed E-state index contributed by atoms with van der Waals surface area (Å²) in [4.78, 5) is 0. The molecule has 5 heteroatoms. The summed E-state index contributed by atoms with van der Waals surface area (Å²) < 4.78 is 10.1. The van der Waals surface area contributed by atoms with Gasteiger partial charge in [-0.05, 0) is 19.1 Å². The first-order valence-electron chi connectivity index (χ1n) is 4.43. The molecule has 0 bridgehead atoms. The van der Waals surface area contributed by atoms with E-state index in [4.69, 9.17) is 38.4 Å². The van der Waals surface area contributed by atoms with Crippen LogP contribution < -0.4 is 10.5 Å². The number of hydrogen-bond acceptors (Lipinski definition) is 3. The maximum Gasteiger partial charge on any atom is 0.188 e. The van der Waals surface area contributed by atoms with Crippen molar-refractivity contribution in [2.24, 2.45) is 5.73 Å². The third kappa shape index (κ3) is 2.98. The molecule has 0 spiro atoms. The molecule has 0 saturated heterocycles. The van der Waals surface area contributed by atoms with E-state index >= 15 is 0 Å². The van der Waals surface area contributed by atoms with Crippen molar-refractivity contribution in [1.82, 2.24) is 0 Å². The first-order valence-corrected chi connectivity index (χ1v) is 5.18. The molecule has 1 atom stereocenters. The number of methoxy groups -OCH3 is 1. The molecular weight excluding hydrogens is 237 g/mol. The van der Waals surface area contributed by atoms with Gasteiger partial charge in [0.25, 0.3) is 0 Å². The summed E-state index contributed by atoms with van der Waals surface area (Å²) in [6, 6.07) is 3.15. The van der Waals surface area contributed by atoms with E-state index in [9.17, 15) is 0 Å². The lowest BCUT2D eigenvalue weighted by molar-refractivity contribution is 0.0502. The predicted molar refractivity (Wildman–Crippen MR) is 61.6 cm³/mol. The lowest BCUT2D eigenvalue weighted by atomic mass is 10.1. The van der Waals surface area contributed by atoms with Gasteiger partial charge in [0.15, 0.2) is 6.79 Å². The molecule has 84 valence electrons. The first-order chi connectivity index (χ1) is 7.07. The number of rotatable bonds is 4. The molecule has 1 rings (SSSR count). The van der Waals surface area contributed by atoms with Gasteiger partial charge in [-0.15, -0.1) is 0 Å². The topological polar surface area (TPSA) is 44.5 Å². The highest BCUT2D eigenvalue weighted by Gasteiger charge is 2.15. The van der Waals surface area contributed by atoms with E-state index in [-0.39, 0.29) is 12.8 Å². The fourth-order valence-electron chi connectivity index (χ4n) is 1.22. The molecule has 15 heavy (non-hydrogen) atoms. The van der Waals surface area contributed by atoms with Gasteiger partial charge in [-0.1, -0.05) is 23.2 Å². The number of nitrogens with two attached hydrogens (primary N) is 1. The van der Waals surface area contributed by atoms with E-state index in [1.165, 1.54) is 0 Å². The minimum atomic E-state index is -0.247. The van der Waals surface area contributed by atoms with E-state index in [0.717, 1.165) is 0 Å². The van der Waals surface area contributed by atoms with Crippen LogP contribution in [0.25, 0.3) is 0 Å². The summed E-state index contributed by atoms with van der Waals surface area (Å²) >= 11 is 11.9. The van der Waals surface area contributed by atoms with Crippen molar-refractivity contribution in [3.63, 3.8) is 0 Å². The summed E-state index contributed by atoms with van der Waals surface area (Å²) in [5.41, 5.74) is 6.49. The van der Waals surface area contributed by atoms with Crippen LogP contribution in [-0.4, -0.2) is 13.9 Å². The smallest absolute Gasteiger partial charge is 0.188 e. The van der Waals surface area contributed by atoms with Crippen molar-refractivity contribution in [3.8, 4) is 5.75 Å². The van der Waals surface area contributed by atoms with Crippen LogP contribution in [0.4, 0.5) is 0 Å². The zero-order valence-corrected chi connectivity index (χ0v) is 10.1. The van der Waals surface area contributed by atoms with Gasteiger partial charge >= 0.3 is 0 Å². The maximum atomic E-state index is 6.04. The van der Waals surface area contributed by atoms with E-state index < -0.39 is 0 Å². The van der Waals surface area contributed by atoms with Crippen molar-refractivity contribution in [1.29, 1.82) is 0 Å². The number of ether oxygens (including phenoxy) is 2. The van der Waals surface area contributed by atoms with Crippen LogP contribution in [0.15, 0.2) is 12.1 Å². The highest BCUT2D eigenvalue weighted by atomic mass is 35.5. The minimum Gasteiger partial charge on any atom is -0.467 e. The molecule has 1 aromatic carbocycles. The van der Waals surface area contributed by atoms with Crippen LogP contribution in [-0.2, 0) is 4.74 Å². The van der Waals surface area contributed by atoms with Crippen LogP contribution in [0.3, 0.4) is 0 Å². The molecule has 0 aromatic heterocycles. The molecule has 0 amide bonds. The monoisotopic (exact) mass is 249 g/mol. The Morgan fingerprint density at radius 1 is 1.40 bits per heavy atom. The summed E-state index contributed by atoms with van der Waals surface area (Å²) in [6.07, 6.45) is 0. The molecule has 0 saturated carbocycles. The molecule has 1 aromatic rings. The zero-order chi connectivity index (χ0) is 11.4. The van der Waals surface area contributed by atoms with Crippen molar-refractivity contribution in [3.05, 3.63) is 27.7 Å². The first kappa shape index (κ1) is 12.6. The molecule has 0 aliphatic heterocycles. The second-order valence-corrected chi connectivity index (χ2v) is 3.90. The average molecular weight is 250 g/mol. The Bertz CT molecular complexity index is 342. The summed E-state index contributed by atoms with van der Waals surface area (Å²) in [6.45, 7) is 1.97. The van der Waals surface area contributed by atoms with Gasteiger partial charge in [0.05, 0.1) is 10.0 Å². The SMILES string of the molecule is COCOc1ccc(Cl)c(Cl)c1[C@H](C)N. The van der Waals surface area contributed by atoms with Gasteiger partial charge in [-0.25, -0.2) is 0 Å². The minimum absolute atomic E-state index is 0.150. The van der Waals surface area contributed by atoms with Crippen molar-refractivity contribution in [2.75, 3.05) is 13.9 Å². The summed E-state index contributed by atoms with van der Waals surface area (Å²) in [7, 11) is 1.54. The van der Waals surface area contributed by atoms with Crippen LogP contribution in [0.1, 0.15) is 18.5 Å². The lowest BCUT2D eigenvalue weighted by Gasteiger charge is -2.15. The number of halogens is 2. The summed E-state index contributed by atoms with van der Waals surface area (Å²) in [5, 5.41) is 0.897.